The quantitative estimate of drug-likeness (QED) is 0.687. The lowest BCUT2D eigenvalue weighted by molar-refractivity contribution is -0.178. The minimum Gasteiger partial charge on any atom is -0.339 e. The summed E-state index contributed by atoms with van der Waals surface area (Å²) in [6, 6.07) is 7.66. The van der Waals surface area contributed by atoms with Gasteiger partial charge in [-0.15, -0.1) is 11.3 Å². The van der Waals surface area contributed by atoms with E-state index in [1.807, 2.05) is 29.6 Å². The second kappa shape index (κ2) is 6.52. The molecule has 0 aliphatic heterocycles. The Kier molecular flexibility index (Phi) is 4.60. The number of rotatable bonds is 5. The molecule has 0 aliphatic carbocycles. The van der Waals surface area contributed by atoms with Gasteiger partial charge in [0.25, 0.3) is 0 Å². The van der Waals surface area contributed by atoms with Crippen molar-refractivity contribution in [2.75, 3.05) is 20.6 Å². The number of halogens is 3. The van der Waals surface area contributed by atoms with E-state index in [9.17, 15) is 13.2 Å². The third-order valence-electron chi connectivity index (χ3n) is 3.65. The Bertz CT molecular complexity index is 825. The van der Waals surface area contributed by atoms with E-state index in [1.54, 1.807) is 25.4 Å². The summed E-state index contributed by atoms with van der Waals surface area (Å²) < 4.78 is 45.5. The maximum Gasteiger partial charge on any atom is 0.393 e. The van der Waals surface area contributed by atoms with E-state index in [-0.39, 0.29) is 18.9 Å². The molecule has 0 bridgehead atoms. The SMILES string of the molecule is CN(C)CC(Cc1nc(-c2ccc3sccc3c2)no1)C(F)(F)F. The van der Waals surface area contributed by atoms with Gasteiger partial charge in [0.2, 0.25) is 11.7 Å². The zero-order chi connectivity index (χ0) is 17.3. The largest absolute Gasteiger partial charge is 0.393 e. The Labute approximate surface area is 140 Å². The molecule has 1 atom stereocenters. The first-order valence-electron chi connectivity index (χ1n) is 7.34. The molecule has 0 N–H and O–H groups in total. The van der Waals surface area contributed by atoms with Gasteiger partial charge in [-0.25, -0.2) is 0 Å². The van der Waals surface area contributed by atoms with Gasteiger partial charge in [-0.3, -0.25) is 0 Å². The summed E-state index contributed by atoms with van der Waals surface area (Å²) in [4.78, 5) is 5.64. The van der Waals surface area contributed by atoms with Crippen LogP contribution >= 0.6 is 11.3 Å². The summed E-state index contributed by atoms with van der Waals surface area (Å²) in [5.41, 5.74) is 0.729. The monoisotopic (exact) mass is 355 g/mol. The molecule has 8 heteroatoms. The van der Waals surface area contributed by atoms with Crippen LogP contribution in [-0.4, -0.2) is 41.9 Å². The van der Waals surface area contributed by atoms with Crippen molar-refractivity contribution in [1.29, 1.82) is 0 Å². The van der Waals surface area contributed by atoms with Crippen molar-refractivity contribution < 1.29 is 17.7 Å². The van der Waals surface area contributed by atoms with Gasteiger partial charge in [0.1, 0.15) is 0 Å². The molecule has 2 heterocycles. The molecule has 0 fully saturated rings. The number of thiophene rings is 1. The van der Waals surface area contributed by atoms with Crippen LogP contribution in [0.3, 0.4) is 0 Å². The molecule has 3 rings (SSSR count). The fourth-order valence-corrected chi connectivity index (χ4v) is 3.27. The molecule has 0 amide bonds. The molecular formula is C16H16F3N3OS. The number of hydrogen-bond donors (Lipinski definition) is 0. The van der Waals surface area contributed by atoms with E-state index in [0.29, 0.717) is 5.82 Å². The van der Waals surface area contributed by atoms with Crippen molar-refractivity contribution in [3.05, 3.63) is 35.5 Å². The van der Waals surface area contributed by atoms with Gasteiger partial charge >= 0.3 is 6.18 Å². The van der Waals surface area contributed by atoms with E-state index in [1.165, 1.54) is 4.90 Å². The number of nitrogens with zero attached hydrogens (tertiary/aromatic N) is 3. The van der Waals surface area contributed by atoms with Crippen LogP contribution in [0.2, 0.25) is 0 Å². The van der Waals surface area contributed by atoms with Crippen LogP contribution in [0.4, 0.5) is 13.2 Å². The lowest BCUT2D eigenvalue weighted by Crippen LogP contribution is -2.34. The van der Waals surface area contributed by atoms with Gasteiger partial charge in [0.05, 0.1) is 5.92 Å². The number of alkyl halides is 3. The molecule has 3 aromatic rings. The minimum absolute atomic E-state index is 0.000379. The molecule has 0 saturated heterocycles. The summed E-state index contributed by atoms with van der Waals surface area (Å²) in [7, 11) is 3.21. The predicted octanol–water partition coefficient (Wildman–Crippen LogP) is 4.23. The van der Waals surface area contributed by atoms with E-state index in [2.05, 4.69) is 10.1 Å². The normalized spacial score (nSPS) is 13.8. The van der Waals surface area contributed by atoms with Gasteiger partial charge < -0.3 is 9.42 Å². The molecule has 0 saturated carbocycles. The van der Waals surface area contributed by atoms with Crippen molar-refractivity contribution in [1.82, 2.24) is 15.0 Å². The highest BCUT2D eigenvalue weighted by Gasteiger charge is 2.40. The topological polar surface area (TPSA) is 42.2 Å². The van der Waals surface area contributed by atoms with Gasteiger partial charge in [-0.2, -0.15) is 18.2 Å². The summed E-state index contributed by atoms with van der Waals surface area (Å²) in [5, 5.41) is 6.85. The fourth-order valence-electron chi connectivity index (χ4n) is 2.50. The first kappa shape index (κ1) is 16.9. The van der Waals surface area contributed by atoms with Gasteiger partial charge in [-0.1, -0.05) is 5.16 Å². The predicted molar refractivity (Wildman–Crippen MR) is 86.9 cm³/mol. The van der Waals surface area contributed by atoms with Crippen LogP contribution in [0.1, 0.15) is 5.89 Å². The number of hydrogen-bond acceptors (Lipinski definition) is 5. The second-order valence-corrected chi connectivity index (χ2v) is 6.84. The van der Waals surface area contributed by atoms with E-state index in [4.69, 9.17) is 4.52 Å². The van der Waals surface area contributed by atoms with Crippen molar-refractivity contribution in [2.45, 2.75) is 12.6 Å². The average Bonchev–Trinajstić information content (AvgIpc) is 3.12. The van der Waals surface area contributed by atoms with Crippen LogP contribution in [0.5, 0.6) is 0 Å². The molecule has 0 spiro atoms. The van der Waals surface area contributed by atoms with Crippen LogP contribution in [-0.2, 0) is 6.42 Å². The average molecular weight is 355 g/mol. The molecule has 128 valence electrons. The van der Waals surface area contributed by atoms with E-state index < -0.39 is 12.1 Å². The van der Waals surface area contributed by atoms with Crippen LogP contribution in [0, 0.1) is 5.92 Å². The van der Waals surface area contributed by atoms with E-state index in [0.717, 1.165) is 15.6 Å². The van der Waals surface area contributed by atoms with Crippen molar-refractivity contribution in [3.63, 3.8) is 0 Å². The summed E-state index contributed by atoms with van der Waals surface area (Å²) in [6.07, 6.45) is -4.64. The standard InChI is InChI=1S/C16H16F3N3OS/c1-22(2)9-12(16(17,18)19)8-14-20-15(21-23-14)11-3-4-13-10(7-11)5-6-24-13/h3-7,12H,8-9H2,1-2H3. The summed E-state index contributed by atoms with van der Waals surface area (Å²) >= 11 is 1.62. The van der Waals surface area contributed by atoms with Crippen molar-refractivity contribution in [3.8, 4) is 11.4 Å². The highest BCUT2D eigenvalue weighted by molar-refractivity contribution is 7.17. The number of benzene rings is 1. The fraction of sp³-hybridized carbons (Fsp3) is 0.375. The first-order chi connectivity index (χ1) is 11.3. The molecular weight excluding hydrogens is 339 g/mol. The van der Waals surface area contributed by atoms with Gasteiger partial charge in [0, 0.05) is 23.2 Å². The Morgan fingerprint density at radius 2 is 2.04 bits per heavy atom. The third-order valence-corrected chi connectivity index (χ3v) is 4.55. The minimum atomic E-state index is -4.31. The highest BCUT2D eigenvalue weighted by atomic mass is 32.1. The Morgan fingerprint density at radius 3 is 2.75 bits per heavy atom. The van der Waals surface area contributed by atoms with Gasteiger partial charge in [0.15, 0.2) is 0 Å². The smallest absolute Gasteiger partial charge is 0.339 e. The molecule has 0 radical (unpaired) electrons. The van der Waals surface area contributed by atoms with Crippen LogP contribution < -0.4 is 0 Å². The zero-order valence-electron chi connectivity index (χ0n) is 13.2. The molecule has 4 nitrogen and oxygen atoms in total. The van der Waals surface area contributed by atoms with E-state index >= 15 is 0 Å². The van der Waals surface area contributed by atoms with Gasteiger partial charge in [-0.05, 0) is 49.1 Å². The maximum atomic E-state index is 13.1. The lowest BCUT2D eigenvalue weighted by Gasteiger charge is -2.22. The Morgan fingerprint density at radius 1 is 1.25 bits per heavy atom. The highest BCUT2D eigenvalue weighted by Crippen LogP contribution is 2.30. The summed E-state index contributed by atoms with van der Waals surface area (Å²) in [5.74, 6) is -1.23. The Balaban J connectivity index is 1.81. The molecule has 1 unspecified atom stereocenters. The zero-order valence-corrected chi connectivity index (χ0v) is 14.0. The Hall–Kier alpha value is -1.93. The second-order valence-electron chi connectivity index (χ2n) is 5.89. The maximum absolute atomic E-state index is 13.1. The summed E-state index contributed by atoms with van der Waals surface area (Å²) in [6.45, 7) is -0.123. The van der Waals surface area contributed by atoms with Crippen LogP contribution in [0.25, 0.3) is 21.5 Å². The van der Waals surface area contributed by atoms with Crippen molar-refractivity contribution in [2.24, 2.45) is 5.92 Å². The first-order valence-corrected chi connectivity index (χ1v) is 8.22. The molecule has 1 aromatic carbocycles. The number of fused-ring (bicyclic) bond motifs is 1. The third kappa shape index (κ3) is 3.76. The molecule has 2 aromatic heterocycles. The molecule has 0 aliphatic rings. The number of aromatic nitrogens is 2. The molecule has 24 heavy (non-hydrogen) atoms. The lowest BCUT2D eigenvalue weighted by atomic mass is 10.0. The van der Waals surface area contributed by atoms with Crippen LogP contribution in [0.15, 0.2) is 34.2 Å². The van der Waals surface area contributed by atoms with Crippen molar-refractivity contribution >= 4 is 21.4 Å².